The molecule has 2 rings (SSSR count). The summed E-state index contributed by atoms with van der Waals surface area (Å²) < 4.78 is 18.9. The zero-order valence-corrected chi connectivity index (χ0v) is 11.4. The van der Waals surface area contributed by atoms with Crippen LogP contribution in [0.2, 0.25) is 0 Å². The second-order valence-electron chi connectivity index (χ2n) is 5.01. The van der Waals surface area contributed by atoms with E-state index in [1.165, 1.54) is 6.07 Å². The molecule has 1 aliphatic heterocycles. The van der Waals surface area contributed by atoms with Crippen LogP contribution < -0.4 is 15.4 Å². The van der Waals surface area contributed by atoms with Gasteiger partial charge in [-0.25, -0.2) is 4.39 Å². The Labute approximate surface area is 113 Å². The predicted octanol–water partition coefficient (Wildman–Crippen LogP) is 2.01. The minimum absolute atomic E-state index is 0.229. The highest BCUT2D eigenvalue weighted by atomic mass is 19.1. The van der Waals surface area contributed by atoms with Crippen LogP contribution in [0.25, 0.3) is 0 Å². The molecule has 2 atom stereocenters. The average Bonchev–Trinajstić information content (AvgIpc) is 2.82. The summed E-state index contributed by atoms with van der Waals surface area (Å²) in [6.45, 7) is 5.58. The molecule has 1 heterocycles. The van der Waals surface area contributed by atoms with Crippen LogP contribution in [0.4, 0.5) is 15.8 Å². The molecule has 1 saturated heterocycles. The lowest BCUT2D eigenvalue weighted by atomic mass is 10.0. The van der Waals surface area contributed by atoms with Gasteiger partial charge in [-0.3, -0.25) is 0 Å². The molecule has 1 aromatic carbocycles. The minimum atomic E-state index is -0.436. The molecule has 19 heavy (non-hydrogen) atoms. The van der Waals surface area contributed by atoms with E-state index in [9.17, 15) is 9.50 Å². The van der Waals surface area contributed by atoms with Gasteiger partial charge >= 0.3 is 0 Å². The third kappa shape index (κ3) is 2.92. The summed E-state index contributed by atoms with van der Waals surface area (Å²) in [5.41, 5.74) is 7.08. The van der Waals surface area contributed by atoms with Crippen molar-refractivity contribution >= 4 is 11.4 Å². The summed E-state index contributed by atoms with van der Waals surface area (Å²) in [6, 6.07) is 2.95. The van der Waals surface area contributed by atoms with Crippen molar-refractivity contribution in [2.45, 2.75) is 26.4 Å². The van der Waals surface area contributed by atoms with Gasteiger partial charge in [0.15, 0.2) is 11.6 Å². The summed E-state index contributed by atoms with van der Waals surface area (Å²) in [7, 11) is 0. The zero-order chi connectivity index (χ0) is 14.0. The largest absolute Gasteiger partial charge is 0.491 e. The second kappa shape index (κ2) is 5.65. The van der Waals surface area contributed by atoms with Gasteiger partial charge in [0, 0.05) is 31.1 Å². The molecule has 5 heteroatoms. The molecular weight excluding hydrogens is 247 g/mol. The maximum Gasteiger partial charge on any atom is 0.167 e. The number of nitrogens with zero attached hydrogens (tertiary/aromatic N) is 1. The first kappa shape index (κ1) is 13.9. The Morgan fingerprint density at radius 3 is 2.89 bits per heavy atom. The topological polar surface area (TPSA) is 58.7 Å². The average molecular weight is 268 g/mol. The molecule has 0 radical (unpaired) electrons. The summed E-state index contributed by atoms with van der Waals surface area (Å²) >= 11 is 0. The maximum absolute atomic E-state index is 13.6. The number of ether oxygens (including phenoxy) is 1. The highest BCUT2D eigenvalue weighted by Gasteiger charge is 2.27. The number of benzene rings is 1. The van der Waals surface area contributed by atoms with E-state index in [0.29, 0.717) is 12.3 Å². The maximum atomic E-state index is 13.6. The summed E-state index contributed by atoms with van der Waals surface area (Å²) in [5.74, 6) is 0.0292. The summed E-state index contributed by atoms with van der Waals surface area (Å²) in [4.78, 5) is 2.08. The van der Waals surface area contributed by atoms with Crippen LogP contribution in [0.1, 0.15) is 20.3 Å². The molecule has 1 aliphatic rings. The van der Waals surface area contributed by atoms with E-state index in [2.05, 4.69) is 4.90 Å². The number of rotatable bonds is 4. The number of anilines is 2. The predicted molar refractivity (Wildman–Crippen MR) is 74.0 cm³/mol. The third-order valence-corrected chi connectivity index (χ3v) is 3.63. The van der Waals surface area contributed by atoms with Gasteiger partial charge in [0.05, 0.1) is 24.1 Å². The third-order valence-electron chi connectivity index (χ3n) is 3.63. The fraction of sp³-hybridized carbons (Fsp3) is 0.571. The first-order valence-electron chi connectivity index (χ1n) is 6.67. The van der Waals surface area contributed by atoms with Gasteiger partial charge in [-0.1, -0.05) is 0 Å². The minimum Gasteiger partial charge on any atom is -0.491 e. The van der Waals surface area contributed by atoms with Crippen LogP contribution in [0.3, 0.4) is 0 Å². The molecule has 106 valence electrons. The molecule has 1 aromatic rings. The lowest BCUT2D eigenvalue weighted by molar-refractivity contribution is 0.136. The molecule has 0 aromatic heterocycles. The van der Waals surface area contributed by atoms with Crippen molar-refractivity contribution in [3.63, 3.8) is 0 Å². The van der Waals surface area contributed by atoms with Crippen LogP contribution in [-0.4, -0.2) is 30.9 Å². The van der Waals surface area contributed by atoms with E-state index in [-0.39, 0.29) is 17.8 Å². The Kier molecular flexibility index (Phi) is 4.14. The zero-order valence-electron chi connectivity index (χ0n) is 11.4. The Bertz CT molecular complexity index is 451. The first-order valence-corrected chi connectivity index (χ1v) is 6.67. The standard InChI is InChI=1S/C14H21FN2O2/c1-3-19-14-7-13(12(16)6-11(14)15)17-5-4-10(8-17)9(2)18/h6-7,9-10,18H,3-5,8,16H2,1-2H3. The number of aliphatic hydroxyl groups excluding tert-OH is 1. The number of aliphatic hydroxyl groups is 1. The van der Waals surface area contributed by atoms with Gasteiger partial charge in [-0.15, -0.1) is 0 Å². The number of nitrogens with two attached hydrogens (primary N) is 1. The van der Waals surface area contributed by atoms with Gasteiger partial charge in [0.25, 0.3) is 0 Å². The molecule has 4 nitrogen and oxygen atoms in total. The molecule has 0 saturated carbocycles. The molecule has 0 aliphatic carbocycles. The highest BCUT2D eigenvalue weighted by Crippen LogP contribution is 2.34. The monoisotopic (exact) mass is 268 g/mol. The van der Waals surface area contributed by atoms with Crippen molar-refractivity contribution in [2.75, 3.05) is 30.3 Å². The fourth-order valence-electron chi connectivity index (χ4n) is 2.50. The smallest absolute Gasteiger partial charge is 0.167 e. The normalized spacial score (nSPS) is 20.6. The van der Waals surface area contributed by atoms with Crippen LogP contribution in [0, 0.1) is 11.7 Å². The van der Waals surface area contributed by atoms with Crippen molar-refractivity contribution in [1.29, 1.82) is 0 Å². The van der Waals surface area contributed by atoms with Crippen molar-refractivity contribution in [2.24, 2.45) is 5.92 Å². The van der Waals surface area contributed by atoms with Crippen molar-refractivity contribution in [3.05, 3.63) is 17.9 Å². The van der Waals surface area contributed by atoms with Crippen LogP contribution in [0.5, 0.6) is 5.75 Å². The number of halogens is 1. The van der Waals surface area contributed by atoms with Gasteiger partial charge in [-0.2, -0.15) is 0 Å². The van der Waals surface area contributed by atoms with Crippen LogP contribution in [0.15, 0.2) is 12.1 Å². The SMILES string of the molecule is CCOc1cc(N2CCC(C(C)O)C2)c(N)cc1F. The molecule has 2 unspecified atom stereocenters. The Hall–Kier alpha value is -1.49. The van der Waals surface area contributed by atoms with Crippen molar-refractivity contribution in [3.8, 4) is 5.75 Å². The second-order valence-corrected chi connectivity index (χ2v) is 5.01. The van der Waals surface area contributed by atoms with E-state index in [4.69, 9.17) is 10.5 Å². The fourth-order valence-corrected chi connectivity index (χ4v) is 2.50. The Morgan fingerprint density at radius 2 is 2.32 bits per heavy atom. The Balaban J connectivity index is 2.22. The van der Waals surface area contributed by atoms with E-state index in [1.807, 2.05) is 6.92 Å². The van der Waals surface area contributed by atoms with Gasteiger partial charge < -0.3 is 20.5 Å². The number of hydrogen-bond donors (Lipinski definition) is 2. The lowest BCUT2D eigenvalue weighted by Gasteiger charge is -2.22. The molecule has 0 bridgehead atoms. The molecular formula is C14H21FN2O2. The number of hydrogen-bond acceptors (Lipinski definition) is 4. The van der Waals surface area contributed by atoms with Crippen molar-refractivity contribution in [1.82, 2.24) is 0 Å². The van der Waals surface area contributed by atoms with Gasteiger partial charge in [0.2, 0.25) is 0 Å². The summed E-state index contributed by atoms with van der Waals surface area (Å²) in [6.07, 6.45) is 0.580. The van der Waals surface area contributed by atoms with Gasteiger partial charge in [-0.05, 0) is 20.3 Å². The van der Waals surface area contributed by atoms with E-state index < -0.39 is 5.82 Å². The van der Waals surface area contributed by atoms with E-state index in [0.717, 1.165) is 25.2 Å². The highest BCUT2D eigenvalue weighted by molar-refractivity contribution is 5.70. The lowest BCUT2D eigenvalue weighted by Crippen LogP contribution is -2.24. The van der Waals surface area contributed by atoms with Gasteiger partial charge in [0.1, 0.15) is 0 Å². The van der Waals surface area contributed by atoms with E-state index >= 15 is 0 Å². The molecule has 0 amide bonds. The Morgan fingerprint density at radius 1 is 1.58 bits per heavy atom. The quantitative estimate of drug-likeness (QED) is 0.820. The van der Waals surface area contributed by atoms with Crippen molar-refractivity contribution < 1.29 is 14.2 Å². The first-order chi connectivity index (χ1) is 9.02. The number of nitrogen functional groups attached to an aromatic ring is 1. The van der Waals surface area contributed by atoms with E-state index in [1.54, 1.807) is 13.0 Å². The van der Waals surface area contributed by atoms with Crippen LogP contribution in [-0.2, 0) is 0 Å². The van der Waals surface area contributed by atoms with Crippen LogP contribution >= 0.6 is 0 Å². The summed E-state index contributed by atoms with van der Waals surface area (Å²) in [5, 5.41) is 9.63. The molecule has 1 fully saturated rings. The molecule has 0 spiro atoms. The molecule has 3 N–H and O–H groups in total.